The van der Waals surface area contributed by atoms with Gasteiger partial charge in [-0.3, -0.25) is 4.79 Å². The number of rotatable bonds is 5. The number of aromatic amines is 1. The van der Waals surface area contributed by atoms with Crippen molar-refractivity contribution in [3.8, 4) is 17.0 Å². The van der Waals surface area contributed by atoms with E-state index in [1.54, 1.807) is 12.1 Å². The van der Waals surface area contributed by atoms with Crippen LogP contribution in [0.4, 0.5) is 5.69 Å². The first-order valence-electron chi connectivity index (χ1n) is 7.82. The summed E-state index contributed by atoms with van der Waals surface area (Å²) in [6.45, 7) is 0. The molecule has 6 nitrogen and oxygen atoms in total. The van der Waals surface area contributed by atoms with Crippen LogP contribution in [0.15, 0.2) is 65.7 Å². The van der Waals surface area contributed by atoms with Crippen LogP contribution in [0.25, 0.3) is 11.3 Å². The van der Waals surface area contributed by atoms with Crippen LogP contribution in [0.1, 0.15) is 10.4 Å². The summed E-state index contributed by atoms with van der Waals surface area (Å²) in [4.78, 5) is 15.8. The summed E-state index contributed by atoms with van der Waals surface area (Å²) in [5.41, 5.74) is 2.72. The number of carbonyl (C=O) groups excluding carboxylic acids is 1. The molecule has 0 aliphatic rings. The van der Waals surface area contributed by atoms with Crippen molar-refractivity contribution in [2.75, 3.05) is 18.7 Å². The molecule has 1 aromatic heterocycles. The fourth-order valence-corrected chi connectivity index (χ4v) is 3.18. The number of hydrogen-bond acceptors (Lipinski definition) is 4. The van der Waals surface area contributed by atoms with E-state index in [9.17, 15) is 13.2 Å². The Hall–Kier alpha value is -3.06. The molecule has 0 saturated heterocycles. The number of amides is 1. The van der Waals surface area contributed by atoms with Gasteiger partial charge in [0.1, 0.15) is 5.75 Å². The molecule has 0 radical (unpaired) electrons. The van der Waals surface area contributed by atoms with E-state index in [1.165, 1.54) is 25.3 Å². The van der Waals surface area contributed by atoms with E-state index < -0.39 is 15.7 Å². The summed E-state index contributed by atoms with van der Waals surface area (Å²) in [7, 11) is -2.00. The molecule has 0 atom stereocenters. The standard InChI is InChI=1S/C19H18N2O4S/c1-25-18-10-9-15(26(2,23)24)12-16(18)19(22)21-14-7-5-13(6-8-14)17-4-3-11-20-17/h3-12,20H,1-2H3,(H,21,22). The molecular weight excluding hydrogens is 352 g/mol. The van der Waals surface area contributed by atoms with Gasteiger partial charge >= 0.3 is 0 Å². The Morgan fingerprint density at radius 2 is 1.81 bits per heavy atom. The third-order valence-electron chi connectivity index (χ3n) is 3.90. The molecule has 1 amide bonds. The van der Waals surface area contributed by atoms with Crippen molar-refractivity contribution in [3.05, 3.63) is 66.4 Å². The molecule has 0 fully saturated rings. The molecule has 1 heterocycles. The fraction of sp³-hybridized carbons (Fsp3) is 0.105. The molecule has 0 saturated carbocycles. The fourth-order valence-electron chi connectivity index (χ4n) is 2.54. The maximum Gasteiger partial charge on any atom is 0.259 e. The third-order valence-corrected chi connectivity index (χ3v) is 5.01. The monoisotopic (exact) mass is 370 g/mol. The Kier molecular flexibility index (Phi) is 4.81. The maximum absolute atomic E-state index is 12.6. The number of H-pyrrole nitrogens is 1. The quantitative estimate of drug-likeness (QED) is 0.721. The van der Waals surface area contributed by atoms with Crippen LogP contribution in [0.2, 0.25) is 0 Å². The van der Waals surface area contributed by atoms with Crippen molar-refractivity contribution in [2.45, 2.75) is 4.90 Å². The summed E-state index contributed by atoms with van der Waals surface area (Å²) in [5, 5.41) is 2.76. The Balaban J connectivity index is 1.85. The van der Waals surface area contributed by atoms with Gasteiger partial charge in [0.2, 0.25) is 0 Å². The minimum absolute atomic E-state index is 0.0607. The highest BCUT2D eigenvalue weighted by Gasteiger charge is 2.17. The van der Waals surface area contributed by atoms with Gasteiger partial charge in [-0.1, -0.05) is 12.1 Å². The zero-order valence-corrected chi connectivity index (χ0v) is 15.1. The second-order valence-corrected chi connectivity index (χ2v) is 7.77. The Morgan fingerprint density at radius 3 is 2.38 bits per heavy atom. The van der Waals surface area contributed by atoms with E-state index in [0.717, 1.165) is 17.5 Å². The van der Waals surface area contributed by atoms with E-state index in [0.29, 0.717) is 11.4 Å². The normalized spacial score (nSPS) is 11.2. The van der Waals surface area contributed by atoms with Crippen LogP contribution in [-0.4, -0.2) is 32.7 Å². The summed E-state index contributed by atoms with van der Waals surface area (Å²) in [6, 6.07) is 15.4. The zero-order valence-electron chi connectivity index (χ0n) is 14.3. The first kappa shape index (κ1) is 17.8. The molecule has 134 valence electrons. The lowest BCUT2D eigenvalue weighted by Crippen LogP contribution is -2.14. The van der Waals surface area contributed by atoms with Gasteiger partial charge in [-0.15, -0.1) is 0 Å². The molecule has 0 spiro atoms. The molecule has 3 aromatic rings. The van der Waals surface area contributed by atoms with Gasteiger partial charge in [-0.2, -0.15) is 0 Å². The zero-order chi connectivity index (χ0) is 18.7. The van der Waals surface area contributed by atoms with Gasteiger partial charge in [0, 0.05) is 23.8 Å². The van der Waals surface area contributed by atoms with Crippen LogP contribution in [-0.2, 0) is 9.84 Å². The van der Waals surface area contributed by atoms with Crippen molar-refractivity contribution >= 4 is 21.4 Å². The molecule has 26 heavy (non-hydrogen) atoms. The van der Waals surface area contributed by atoms with Gasteiger partial charge in [-0.05, 0) is 48.0 Å². The molecule has 0 unspecified atom stereocenters. The molecule has 0 aliphatic carbocycles. The highest BCUT2D eigenvalue weighted by atomic mass is 32.2. The second kappa shape index (κ2) is 7.05. The van der Waals surface area contributed by atoms with Crippen molar-refractivity contribution < 1.29 is 17.9 Å². The second-order valence-electron chi connectivity index (χ2n) is 5.75. The molecule has 3 rings (SSSR count). The van der Waals surface area contributed by atoms with Crippen LogP contribution < -0.4 is 10.1 Å². The number of nitrogens with one attached hydrogen (secondary N) is 2. The summed E-state index contributed by atoms with van der Waals surface area (Å²) >= 11 is 0. The van der Waals surface area contributed by atoms with Crippen molar-refractivity contribution in [2.24, 2.45) is 0 Å². The van der Waals surface area contributed by atoms with Crippen molar-refractivity contribution in [1.29, 1.82) is 0 Å². The predicted octanol–water partition coefficient (Wildman–Crippen LogP) is 3.35. The minimum Gasteiger partial charge on any atom is -0.496 e. The first-order valence-corrected chi connectivity index (χ1v) is 9.71. The lowest BCUT2D eigenvalue weighted by molar-refractivity contribution is 0.102. The molecule has 0 aliphatic heterocycles. The number of anilines is 1. The smallest absolute Gasteiger partial charge is 0.259 e. The van der Waals surface area contributed by atoms with Crippen molar-refractivity contribution in [1.82, 2.24) is 4.98 Å². The van der Waals surface area contributed by atoms with Gasteiger partial charge in [0.15, 0.2) is 9.84 Å². The Morgan fingerprint density at radius 1 is 1.08 bits per heavy atom. The van der Waals surface area contributed by atoms with E-state index in [2.05, 4.69) is 10.3 Å². The highest BCUT2D eigenvalue weighted by molar-refractivity contribution is 7.90. The number of ether oxygens (including phenoxy) is 1. The lowest BCUT2D eigenvalue weighted by atomic mass is 10.1. The summed E-state index contributed by atoms with van der Waals surface area (Å²) < 4.78 is 28.7. The van der Waals surface area contributed by atoms with Crippen molar-refractivity contribution in [3.63, 3.8) is 0 Å². The van der Waals surface area contributed by atoms with E-state index >= 15 is 0 Å². The largest absolute Gasteiger partial charge is 0.496 e. The van der Waals surface area contributed by atoms with Gasteiger partial charge in [0.05, 0.1) is 17.6 Å². The van der Waals surface area contributed by atoms with Gasteiger partial charge in [0.25, 0.3) is 5.91 Å². The topological polar surface area (TPSA) is 88.3 Å². The maximum atomic E-state index is 12.6. The van der Waals surface area contributed by atoms with E-state index in [1.807, 2.05) is 30.5 Å². The average Bonchev–Trinajstić information content (AvgIpc) is 3.15. The number of sulfone groups is 1. The molecule has 2 aromatic carbocycles. The molecular formula is C19H18N2O4S. The SMILES string of the molecule is COc1ccc(S(C)(=O)=O)cc1C(=O)Nc1ccc(-c2ccc[nH]2)cc1. The number of hydrogen-bond donors (Lipinski definition) is 2. The van der Waals surface area contributed by atoms with Gasteiger partial charge < -0.3 is 15.0 Å². The minimum atomic E-state index is -3.43. The van der Waals surface area contributed by atoms with Crippen LogP contribution in [0.5, 0.6) is 5.75 Å². The van der Waals surface area contributed by atoms with E-state index in [4.69, 9.17) is 4.74 Å². The number of aromatic nitrogens is 1. The van der Waals surface area contributed by atoms with Crippen LogP contribution in [0, 0.1) is 0 Å². The Bertz CT molecular complexity index is 1020. The first-order chi connectivity index (χ1) is 12.4. The summed E-state index contributed by atoms with van der Waals surface area (Å²) in [5.74, 6) is -0.141. The van der Waals surface area contributed by atoms with Crippen LogP contribution >= 0.6 is 0 Å². The number of benzene rings is 2. The number of carbonyl (C=O) groups is 1. The van der Waals surface area contributed by atoms with Gasteiger partial charge in [-0.25, -0.2) is 8.42 Å². The lowest BCUT2D eigenvalue weighted by Gasteiger charge is -2.11. The summed E-state index contributed by atoms with van der Waals surface area (Å²) in [6.07, 6.45) is 2.93. The average molecular weight is 370 g/mol. The molecule has 7 heteroatoms. The third kappa shape index (κ3) is 3.78. The number of methoxy groups -OCH3 is 1. The van der Waals surface area contributed by atoms with E-state index in [-0.39, 0.29) is 10.5 Å². The highest BCUT2D eigenvalue weighted by Crippen LogP contribution is 2.25. The Labute approximate surface area is 151 Å². The predicted molar refractivity (Wildman–Crippen MR) is 100 cm³/mol. The molecule has 2 N–H and O–H groups in total. The van der Waals surface area contributed by atoms with Crippen LogP contribution in [0.3, 0.4) is 0 Å². The molecule has 0 bridgehead atoms.